The highest BCUT2D eigenvalue weighted by Gasteiger charge is 2.19. The van der Waals surface area contributed by atoms with Crippen molar-refractivity contribution in [2.75, 3.05) is 5.75 Å². The highest BCUT2D eigenvalue weighted by Crippen LogP contribution is 2.38. The van der Waals surface area contributed by atoms with E-state index in [4.69, 9.17) is 0 Å². The molecular formula is C11H11NS. The van der Waals surface area contributed by atoms with E-state index in [1.54, 1.807) is 0 Å². The Bertz CT molecular complexity index is 470. The molecule has 2 aromatic rings. The minimum Gasteiger partial charge on any atom is -0.347 e. The first-order valence-corrected chi connectivity index (χ1v) is 5.55. The highest BCUT2D eigenvalue weighted by atomic mass is 32.2. The Morgan fingerprint density at radius 1 is 1.31 bits per heavy atom. The molecule has 0 unspecified atom stereocenters. The van der Waals surface area contributed by atoms with E-state index in [9.17, 15) is 0 Å². The van der Waals surface area contributed by atoms with Crippen molar-refractivity contribution in [3.05, 3.63) is 30.0 Å². The molecule has 1 aromatic heterocycles. The van der Waals surface area contributed by atoms with Crippen molar-refractivity contribution in [3.8, 4) is 0 Å². The Hall–Kier alpha value is -0.890. The molecule has 0 aliphatic carbocycles. The molecule has 0 saturated heterocycles. The molecule has 13 heavy (non-hydrogen) atoms. The number of aryl methyl sites for hydroxylation is 1. The van der Waals surface area contributed by atoms with Gasteiger partial charge in [-0.1, -0.05) is 18.2 Å². The zero-order chi connectivity index (χ0) is 8.84. The maximum atomic E-state index is 2.34. The SMILES string of the molecule is Cn1c2c(c3ccccc31)SCC2. The summed E-state index contributed by atoms with van der Waals surface area (Å²) >= 11 is 2.00. The molecule has 2 heteroatoms. The second-order valence-corrected chi connectivity index (χ2v) is 4.56. The molecule has 1 nitrogen and oxygen atoms in total. The molecule has 0 saturated carbocycles. The molecule has 0 atom stereocenters. The maximum Gasteiger partial charge on any atom is 0.0491 e. The zero-order valence-corrected chi connectivity index (χ0v) is 8.40. The Morgan fingerprint density at radius 2 is 2.15 bits per heavy atom. The largest absolute Gasteiger partial charge is 0.347 e. The molecule has 0 fully saturated rings. The van der Waals surface area contributed by atoms with Crippen LogP contribution in [-0.2, 0) is 13.5 Å². The minimum absolute atomic E-state index is 1.23. The van der Waals surface area contributed by atoms with E-state index in [-0.39, 0.29) is 0 Å². The van der Waals surface area contributed by atoms with Crippen LogP contribution in [0.3, 0.4) is 0 Å². The van der Waals surface area contributed by atoms with Crippen molar-refractivity contribution >= 4 is 22.7 Å². The first-order valence-electron chi connectivity index (χ1n) is 4.57. The molecule has 0 N–H and O–H groups in total. The normalized spacial score (nSPS) is 15.2. The molecule has 1 aliphatic rings. The lowest BCUT2D eigenvalue weighted by molar-refractivity contribution is 0.862. The van der Waals surface area contributed by atoms with Crippen molar-refractivity contribution in [2.24, 2.45) is 7.05 Å². The summed E-state index contributed by atoms with van der Waals surface area (Å²) in [6.07, 6.45) is 1.23. The summed E-state index contributed by atoms with van der Waals surface area (Å²) in [6, 6.07) is 8.67. The van der Waals surface area contributed by atoms with Crippen LogP contribution in [0.2, 0.25) is 0 Å². The van der Waals surface area contributed by atoms with Gasteiger partial charge in [-0.2, -0.15) is 0 Å². The summed E-state index contributed by atoms with van der Waals surface area (Å²) in [4.78, 5) is 1.51. The third-order valence-corrected chi connectivity index (χ3v) is 3.91. The summed E-state index contributed by atoms with van der Waals surface area (Å²) in [6.45, 7) is 0. The van der Waals surface area contributed by atoms with Crippen LogP contribution in [0.1, 0.15) is 5.69 Å². The predicted molar refractivity (Wildman–Crippen MR) is 57.3 cm³/mol. The van der Waals surface area contributed by atoms with Crippen molar-refractivity contribution in [1.82, 2.24) is 4.57 Å². The molecule has 0 bridgehead atoms. The van der Waals surface area contributed by atoms with E-state index in [2.05, 4.69) is 35.9 Å². The number of nitrogens with zero attached hydrogens (tertiary/aromatic N) is 1. The fourth-order valence-corrected chi connectivity index (χ4v) is 3.34. The summed E-state index contributed by atoms with van der Waals surface area (Å²) in [5.41, 5.74) is 2.89. The average molecular weight is 189 g/mol. The lowest BCUT2D eigenvalue weighted by atomic mass is 10.2. The third-order valence-electron chi connectivity index (χ3n) is 2.76. The monoisotopic (exact) mass is 189 g/mol. The van der Waals surface area contributed by atoms with Gasteiger partial charge in [0.2, 0.25) is 0 Å². The fourth-order valence-electron chi connectivity index (χ4n) is 2.10. The third kappa shape index (κ3) is 0.894. The number of thioether (sulfide) groups is 1. The van der Waals surface area contributed by atoms with Crippen LogP contribution in [0.25, 0.3) is 10.9 Å². The molecular weight excluding hydrogens is 178 g/mol. The van der Waals surface area contributed by atoms with Gasteiger partial charge >= 0.3 is 0 Å². The Morgan fingerprint density at radius 3 is 3.08 bits per heavy atom. The number of rotatable bonds is 0. The highest BCUT2D eigenvalue weighted by molar-refractivity contribution is 7.99. The van der Waals surface area contributed by atoms with Crippen LogP contribution < -0.4 is 0 Å². The van der Waals surface area contributed by atoms with Gasteiger partial charge in [-0.15, -0.1) is 11.8 Å². The van der Waals surface area contributed by atoms with Gasteiger partial charge in [-0.05, 0) is 12.5 Å². The quantitative estimate of drug-likeness (QED) is 0.617. The van der Waals surface area contributed by atoms with Gasteiger partial charge in [0.1, 0.15) is 0 Å². The van der Waals surface area contributed by atoms with Crippen LogP contribution in [0.4, 0.5) is 0 Å². The Kier molecular flexibility index (Phi) is 1.47. The van der Waals surface area contributed by atoms with Crippen molar-refractivity contribution in [2.45, 2.75) is 11.3 Å². The van der Waals surface area contributed by atoms with Gasteiger partial charge in [-0.3, -0.25) is 0 Å². The molecule has 2 heterocycles. The van der Waals surface area contributed by atoms with E-state index < -0.39 is 0 Å². The van der Waals surface area contributed by atoms with E-state index in [1.807, 2.05) is 11.8 Å². The Balaban J connectivity index is 2.49. The summed E-state index contributed by atoms with van der Waals surface area (Å²) < 4.78 is 2.34. The van der Waals surface area contributed by atoms with Crippen molar-refractivity contribution in [3.63, 3.8) is 0 Å². The first-order chi connectivity index (χ1) is 6.38. The number of hydrogen-bond donors (Lipinski definition) is 0. The van der Waals surface area contributed by atoms with E-state index >= 15 is 0 Å². The Labute approximate surface area is 81.7 Å². The van der Waals surface area contributed by atoms with Gasteiger partial charge in [0.05, 0.1) is 0 Å². The van der Waals surface area contributed by atoms with Gasteiger partial charge in [0.25, 0.3) is 0 Å². The fraction of sp³-hybridized carbons (Fsp3) is 0.273. The number of fused-ring (bicyclic) bond motifs is 3. The lowest BCUT2D eigenvalue weighted by Crippen LogP contribution is -1.93. The second kappa shape index (κ2) is 2.55. The summed E-state index contributed by atoms with van der Waals surface area (Å²) in [5.74, 6) is 1.25. The number of para-hydroxylation sites is 1. The second-order valence-electron chi connectivity index (χ2n) is 3.45. The molecule has 0 radical (unpaired) electrons. The predicted octanol–water partition coefficient (Wildman–Crippen LogP) is 2.83. The number of hydrogen-bond acceptors (Lipinski definition) is 1. The molecule has 0 amide bonds. The summed E-state index contributed by atoms with van der Waals surface area (Å²) in [5, 5.41) is 1.43. The van der Waals surface area contributed by atoms with E-state index in [1.165, 1.54) is 33.7 Å². The van der Waals surface area contributed by atoms with E-state index in [0.29, 0.717) is 0 Å². The average Bonchev–Trinajstić information content (AvgIpc) is 2.72. The smallest absolute Gasteiger partial charge is 0.0491 e. The topological polar surface area (TPSA) is 4.93 Å². The van der Waals surface area contributed by atoms with Crippen LogP contribution in [-0.4, -0.2) is 10.3 Å². The zero-order valence-electron chi connectivity index (χ0n) is 7.58. The number of aromatic nitrogens is 1. The maximum absolute atomic E-state index is 2.34. The van der Waals surface area contributed by atoms with Crippen molar-refractivity contribution in [1.29, 1.82) is 0 Å². The van der Waals surface area contributed by atoms with Crippen LogP contribution in [0, 0.1) is 0 Å². The van der Waals surface area contributed by atoms with Crippen molar-refractivity contribution < 1.29 is 0 Å². The molecule has 66 valence electrons. The standard InChI is InChI=1S/C11H11NS/c1-12-9-5-3-2-4-8(9)11-10(12)6-7-13-11/h2-5H,6-7H2,1H3. The van der Waals surface area contributed by atoms with Gasteiger partial charge < -0.3 is 4.57 Å². The minimum atomic E-state index is 1.23. The lowest BCUT2D eigenvalue weighted by Gasteiger charge is -1.98. The van der Waals surface area contributed by atoms with E-state index in [0.717, 1.165) is 0 Å². The van der Waals surface area contributed by atoms with Gasteiger partial charge in [0, 0.05) is 34.3 Å². The summed E-state index contributed by atoms with van der Waals surface area (Å²) in [7, 11) is 2.17. The van der Waals surface area contributed by atoms with Crippen LogP contribution in [0.15, 0.2) is 29.2 Å². The van der Waals surface area contributed by atoms with Gasteiger partial charge in [0.15, 0.2) is 0 Å². The van der Waals surface area contributed by atoms with Crippen LogP contribution >= 0.6 is 11.8 Å². The molecule has 1 aromatic carbocycles. The van der Waals surface area contributed by atoms with Crippen LogP contribution in [0.5, 0.6) is 0 Å². The number of benzene rings is 1. The molecule has 1 aliphatic heterocycles. The molecule has 0 spiro atoms. The van der Waals surface area contributed by atoms with Gasteiger partial charge in [-0.25, -0.2) is 0 Å². The molecule has 3 rings (SSSR count). The first kappa shape index (κ1) is 7.51.